The van der Waals surface area contributed by atoms with E-state index < -0.39 is 15.9 Å². The number of carbonyl (C=O) groups is 1. The summed E-state index contributed by atoms with van der Waals surface area (Å²) in [6.07, 6.45) is 2.98. The molecule has 0 bridgehead atoms. The van der Waals surface area contributed by atoms with Crippen molar-refractivity contribution in [1.29, 1.82) is 0 Å². The molecule has 0 aliphatic heterocycles. The molecule has 0 heterocycles. The molecule has 0 aliphatic carbocycles. The summed E-state index contributed by atoms with van der Waals surface area (Å²) in [4.78, 5) is 11.9. The number of sulfonamides is 1. The van der Waals surface area contributed by atoms with Gasteiger partial charge in [-0.25, -0.2) is 13.6 Å². The Morgan fingerprint density at radius 2 is 1.96 bits per heavy atom. The first-order valence-electron chi connectivity index (χ1n) is 7.06. The monoisotopic (exact) mass is 346 g/mol. The van der Waals surface area contributed by atoms with Crippen LogP contribution in [0.3, 0.4) is 0 Å². The zero-order chi connectivity index (χ0) is 17.7. The van der Waals surface area contributed by atoms with Gasteiger partial charge in [-0.3, -0.25) is 4.79 Å². The van der Waals surface area contributed by atoms with E-state index in [0.29, 0.717) is 11.4 Å². The molecule has 0 saturated heterocycles. The maximum atomic E-state index is 12.0. The molecule has 24 heavy (non-hydrogen) atoms. The fraction of sp³-hybridized carbons (Fsp3) is 0.118. The second kappa shape index (κ2) is 7.29. The Balaban J connectivity index is 2.16. The summed E-state index contributed by atoms with van der Waals surface area (Å²) in [6, 6.07) is 11.4. The van der Waals surface area contributed by atoms with Gasteiger partial charge >= 0.3 is 0 Å². The van der Waals surface area contributed by atoms with Crippen molar-refractivity contribution in [3.8, 4) is 5.75 Å². The van der Waals surface area contributed by atoms with Crippen LogP contribution in [-0.2, 0) is 14.8 Å². The first-order chi connectivity index (χ1) is 11.3. The number of nitrogens with one attached hydrogen (secondary N) is 1. The van der Waals surface area contributed by atoms with E-state index in [0.717, 1.165) is 11.1 Å². The lowest BCUT2D eigenvalue weighted by Gasteiger charge is -2.06. The van der Waals surface area contributed by atoms with Crippen molar-refractivity contribution in [1.82, 2.24) is 0 Å². The molecular formula is C17H18N2O4S. The largest absolute Gasteiger partial charge is 0.496 e. The Hall–Kier alpha value is -2.64. The Morgan fingerprint density at radius 3 is 2.62 bits per heavy atom. The lowest BCUT2D eigenvalue weighted by Crippen LogP contribution is -2.13. The van der Waals surface area contributed by atoms with E-state index in [4.69, 9.17) is 9.88 Å². The first-order valence-corrected chi connectivity index (χ1v) is 8.61. The number of ether oxygens (including phenoxy) is 1. The molecule has 0 radical (unpaired) electrons. The van der Waals surface area contributed by atoms with Gasteiger partial charge in [-0.1, -0.05) is 17.7 Å². The normalized spacial score (nSPS) is 11.5. The molecule has 0 aliphatic rings. The van der Waals surface area contributed by atoms with Crippen molar-refractivity contribution in [2.24, 2.45) is 5.14 Å². The van der Waals surface area contributed by atoms with Crippen LogP contribution in [0, 0.1) is 6.92 Å². The molecule has 0 fully saturated rings. The van der Waals surface area contributed by atoms with Crippen LogP contribution in [0.2, 0.25) is 0 Å². The third-order valence-electron chi connectivity index (χ3n) is 3.23. The van der Waals surface area contributed by atoms with Gasteiger partial charge in [0.2, 0.25) is 15.9 Å². The fourth-order valence-electron chi connectivity index (χ4n) is 2.08. The van der Waals surface area contributed by atoms with Gasteiger partial charge in [-0.2, -0.15) is 0 Å². The van der Waals surface area contributed by atoms with E-state index in [9.17, 15) is 13.2 Å². The summed E-state index contributed by atoms with van der Waals surface area (Å²) in [5, 5.41) is 7.66. The minimum atomic E-state index is -3.82. The first kappa shape index (κ1) is 17.7. The number of hydrogen-bond donors (Lipinski definition) is 2. The molecule has 1 amide bonds. The highest BCUT2D eigenvalue weighted by molar-refractivity contribution is 7.89. The van der Waals surface area contributed by atoms with Crippen LogP contribution in [0.25, 0.3) is 6.08 Å². The van der Waals surface area contributed by atoms with E-state index in [1.807, 2.05) is 25.1 Å². The second-order valence-corrected chi connectivity index (χ2v) is 6.70. The average molecular weight is 346 g/mol. The van der Waals surface area contributed by atoms with Crippen LogP contribution >= 0.6 is 0 Å². The van der Waals surface area contributed by atoms with Crippen LogP contribution < -0.4 is 15.2 Å². The number of hydrogen-bond acceptors (Lipinski definition) is 4. The lowest BCUT2D eigenvalue weighted by molar-refractivity contribution is -0.111. The predicted octanol–water partition coefficient (Wildman–Crippen LogP) is 2.30. The van der Waals surface area contributed by atoms with Crippen molar-refractivity contribution in [3.05, 3.63) is 59.7 Å². The molecule has 0 atom stereocenters. The number of nitrogens with two attached hydrogens (primary N) is 1. The highest BCUT2D eigenvalue weighted by Gasteiger charge is 2.08. The van der Waals surface area contributed by atoms with Gasteiger partial charge in [0.05, 0.1) is 12.0 Å². The lowest BCUT2D eigenvalue weighted by atomic mass is 10.1. The molecule has 2 aromatic carbocycles. The van der Waals surface area contributed by atoms with Gasteiger partial charge in [0.1, 0.15) is 5.75 Å². The molecule has 2 rings (SSSR count). The van der Waals surface area contributed by atoms with E-state index in [2.05, 4.69) is 5.32 Å². The zero-order valence-electron chi connectivity index (χ0n) is 13.3. The standard InChI is InChI=1S/C17H18N2O4S/c1-12-6-8-16(23-2)13(10-12)7-9-17(20)19-14-4-3-5-15(11-14)24(18,21)22/h3-11H,1-2H3,(H,19,20)(H2,18,21,22)/b9-7+. The van der Waals surface area contributed by atoms with Crippen molar-refractivity contribution in [3.63, 3.8) is 0 Å². The van der Waals surface area contributed by atoms with E-state index in [1.165, 1.54) is 24.3 Å². The van der Waals surface area contributed by atoms with E-state index in [1.54, 1.807) is 19.3 Å². The fourth-order valence-corrected chi connectivity index (χ4v) is 2.64. The van der Waals surface area contributed by atoms with E-state index in [-0.39, 0.29) is 4.90 Å². The highest BCUT2D eigenvalue weighted by Crippen LogP contribution is 2.21. The number of rotatable bonds is 5. The number of primary sulfonamides is 1. The molecule has 0 aromatic heterocycles. The average Bonchev–Trinajstić information content (AvgIpc) is 2.52. The number of amides is 1. The van der Waals surface area contributed by atoms with Crippen LogP contribution in [0.1, 0.15) is 11.1 Å². The zero-order valence-corrected chi connectivity index (χ0v) is 14.1. The molecular weight excluding hydrogens is 328 g/mol. The summed E-state index contributed by atoms with van der Waals surface area (Å²) in [6.45, 7) is 1.94. The summed E-state index contributed by atoms with van der Waals surface area (Å²) >= 11 is 0. The number of methoxy groups -OCH3 is 1. The smallest absolute Gasteiger partial charge is 0.248 e. The predicted molar refractivity (Wildman–Crippen MR) is 93.2 cm³/mol. The van der Waals surface area contributed by atoms with Crippen LogP contribution in [0.15, 0.2) is 53.4 Å². The van der Waals surface area contributed by atoms with Crippen molar-refractivity contribution < 1.29 is 17.9 Å². The number of anilines is 1. The quantitative estimate of drug-likeness (QED) is 0.812. The summed E-state index contributed by atoms with van der Waals surface area (Å²) in [5.41, 5.74) is 2.15. The number of aryl methyl sites for hydroxylation is 1. The summed E-state index contributed by atoms with van der Waals surface area (Å²) < 4.78 is 27.9. The van der Waals surface area contributed by atoms with Crippen LogP contribution in [0.4, 0.5) is 5.69 Å². The molecule has 2 aromatic rings. The highest BCUT2D eigenvalue weighted by atomic mass is 32.2. The molecule has 3 N–H and O–H groups in total. The minimum Gasteiger partial charge on any atom is -0.496 e. The second-order valence-electron chi connectivity index (χ2n) is 5.14. The van der Waals surface area contributed by atoms with Gasteiger partial charge < -0.3 is 10.1 Å². The SMILES string of the molecule is COc1ccc(C)cc1/C=C/C(=O)Nc1cccc(S(N)(=O)=O)c1. The van der Waals surface area contributed by atoms with E-state index >= 15 is 0 Å². The number of benzene rings is 2. The third kappa shape index (κ3) is 4.68. The van der Waals surface area contributed by atoms with Gasteiger partial charge in [0, 0.05) is 17.3 Å². The number of carbonyl (C=O) groups excluding carboxylic acids is 1. The topological polar surface area (TPSA) is 98.5 Å². The maximum Gasteiger partial charge on any atom is 0.248 e. The Kier molecular flexibility index (Phi) is 5.38. The third-order valence-corrected chi connectivity index (χ3v) is 4.14. The maximum absolute atomic E-state index is 12.0. The van der Waals surface area contributed by atoms with Gasteiger partial charge in [-0.15, -0.1) is 0 Å². The van der Waals surface area contributed by atoms with Gasteiger partial charge in [-0.05, 0) is 43.3 Å². The molecule has 0 spiro atoms. The molecule has 7 heteroatoms. The Bertz CT molecular complexity index is 889. The molecule has 0 saturated carbocycles. The van der Waals surface area contributed by atoms with Gasteiger partial charge in [0.25, 0.3) is 0 Å². The van der Waals surface area contributed by atoms with Crippen LogP contribution in [0.5, 0.6) is 5.75 Å². The summed E-state index contributed by atoms with van der Waals surface area (Å²) in [5.74, 6) is 0.256. The Labute approximate surface area is 141 Å². The molecule has 0 unspecified atom stereocenters. The Morgan fingerprint density at radius 1 is 1.21 bits per heavy atom. The summed E-state index contributed by atoms with van der Waals surface area (Å²) in [7, 11) is -2.26. The van der Waals surface area contributed by atoms with Crippen molar-refractivity contribution in [2.75, 3.05) is 12.4 Å². The minimum absolute atomic E-state index is 0.0652. The van der Waals surface area contributed by atoms with Crippen molar-refractivity contribution in [2.45, 2.75) is 11.8 Å². The van der Waals surface area contributed by atoms with Gasteiger partial charge in [0.15, 0.2) is 0 Å². The van der Waals surface area contributed by atoms with Crippen molar-refractivity contribution >= 4 is 27.7 Å². The molecule has 126 valence electrons. The van der Waals surface area contributed by atoms with Crippen LogP contribution in [-0.4, -0.2) is 21.4 Å². The molecule has 6 nitrogen and oxygen atoms in total.